The second-order valence-electron chi connectivity index (χ2n) is 3.75. The van der Waals surface area contributed by atoms with Crippen LogP contribution in [-0.4, -0.2) is 26.2 Å². The van der Waals surface area contributed by atoms with Gasteiger partial charge in [-0.3, -0.25) is 0 Å². The molecule has 82 valence electrons. The summed E-state index contributed by atoms with van der Waals surface area (Å²) in [5, 5.41) is 0. The molecule has 4 heteroatoms. The van der Waals surface area contributed by atoms with Gasteiger partial charge in [-0.15, -0.1) is 11.6 Å². The van der Waals surface area contributed by atoms with E-state index in [1.807, 2.05) is 0 Å². The first-order valence-corrected chi connectivity index (χ1v) is 5.23. The van der Waals surface area contributed by atoms with E-state index in [1.165, 1.54) is 12.1 Å². The van der Waals surface area contributed by atoms with Gasteiger partial charge in [-0.25, -0.2) is 4.39 Å². The van der Waals surface area contributed by atoms with Crippen LogP contribution in [0.1, 0.15) is 5.56 Å². The van der Waals surface area contributed by atoms with Crippen LogP contribution in [-0.2, 0) is 10.2 Å². The summed E-state index contributed by atoms with van der Waals surface area (Å²) in [5.74, 6) is 0.801. The third-order valence-corrected chi connectivity index (χ3v) is 3.26. The highest BCUT2D eigenvalue weighted by Gasteiger charge is 2.41. The minimum atomic E-state index is -0.283. The Morgan fingerprint density at radius 1 is 1.53 bits per heavy atom. The topological polar surface area (TPSA) is 18.5 Å². The van der Waals surface area contributed by atoms with Gasteiger partial charge in [-0.1, -0.05) is 0 Å². The largest absolute Gasteiger partial charge is 0.496 e. The number of ether oxygens (including phenoxy) is 2. The minimum Gasteiger partial charge on any atom is -0.496 e. The van der Waals surface area contributed by atoms with Crippen LogP contribution in [0.5, 0.6) is 5.75 Å². The fourth-order valence-electron chi connectivity index (χ4n) is 1.75. The van der Waals surface area contributed by atoms with Crippen LogP contribution >= 0.6 is 11.6 Å². The molecular weight excluding hydrogens is 219 g/mol. The standard InChI is InChI=1S/C11H12ClFO2/c1-14-10-3-2-8(13)4-9(10)11(5-12)6-15-7-11/h2-4H,5-7H2,1H3. The lowest BCUT2D eigenvalue weighted by Gasteiger charge is -2.40. The molecule has 1 aliphatic rings. The van der Waals surface area contributed by atoms with Crippen molar-refractivity contribution in [1.29, 1.82) is 0 Å². The summed E-state index contributed by atoms with van der Waals surface area (Å²) in [6, 6.07) is 4.48. The Kier molecular flexibility index (Phi) is 2.85. The van der Waals surface area contributed by atoms with Crippen LogP contribution in [0.25, 0.3) is 0 Å². The van der Waals surface area contributed by atoms with E-state index in [-0.39, 0.29) is 11.2 Å². The molecule has 0 spiro atoms. The average Bonchev–Trinajstić information content (AvgIpc) is 2.17. The van der Waals surface area contributed by atoms with Gasteiger partial charge in [-0.2, -0.15) is 0 Å². The number of hydrogen-bond donors (Lipinski definition) is 0. The van der Waals surface area contributed by atoms with Crippen LogP contribution in [0.4, 0.5) is 4.39 Å². The highest BCUT2D eigenvalue weighted by molar-refractivity contribution is 6.18. The lowest BCUT2D eigenvalue weighted by Crippen LogP contribution is -2.48. The molecule has 2 rings (SSSR count). The maximum Gasteiger partial charge on any atom is 0.123 e. The van der Waals surface area contributed by atoms with Crippen molar-refractivity contribution >= 4 is 11.6 Å². The third kappa shape index (κ3) is 1.70. The van der Waals surface area contributed by atoms with Crippen molar-refractivity contribution in [3.8, 4) is 5.75 Å². The van der Waals surface area contributed by atoms with Crippen LogP contribution in [0, 0.1) is 5.82 Å². The van der Waals surface area contributed by atoms with Gasteiger partial charge in [-0.05, 0) is 18.2 Å². The molecular formula is C11H12ClFO2. The highest BCUT2D eigenvalue weighted by atomic mass is 35.5. The molecule has 2 nitrogen and oxygen atoms in total. The summed E-state index contributed by atoms with van der Waals surface area (Å²) in [4.78, 5) is 0. The molecule has 0 radical (unpaired) electrons. The summed E-state index contributed by atoms with van der Waals surface area (Å²) in [6.45, 7) is 1.05. The molecule has 0 aliphatic carbocycles. The van der Waals surface area contributed by atoms with Crippen molar-refractivity contribution in [3.05, 3.63) is 29.6 Å². The molecule has 1 aromatic rings. The Balaban J connectivity index is 2.44. The highest BCUT2D eigenvalue weighted by Crippen LogP contribution is 2.39. The first kappa shape index (κ1) is 10.7. The first-order chi connectivity index (χ1) is 7.22. The second kappa shape index (κ2) is 3.99. The minimum absolute atomic E-state index is 0.276. The molecule has 0 N–H and O–H groups in total. The van der Waals surface area contributed by atoms with Gasteiger partial charge in [0.15, 0.2) is 0 Å². The SMILES string of the molecule is COc1ccc(F)cc1C1(CCl)COC1. The van der Waals surface area contributed by atoms with E-state index >= 15 is 0 Å². The molecule has 15 heavy (non-hydrogen) atoms. The van der Waals surface area contributed by atoms with E-state index in [2.05, 4.69) is 0 Å². The molecule has 0 saturated carbocycles. The summed E-state index contributed by atoms with van der Waals surface area (Å²) in [7, 11) is 1.57. The van der Waals surface area contributed by atoms with Crippen molar-refractivity contribution in [2.75, 3.05) is 26.2 Å². The molecule has 0 unspecified atom stereocenters. The fraction of sp³-hybridized carbons (Fsp3) is 0.455. The Bertz CT molecular complexity index is 358. The molecule has 0 amide bonds. The molecule has 1 saturated heterocycles. The van der Waals surface area contributed by atoms with E-state index in [9.17, 15) is 4.39 Å². The molecule has 0 atom stereocenters. The van der Waals surface area contributed by atoms with Crippen LogP contribution in [0.3, 0.4) is 0 Å². The third-order valence-electron chi connectivity index (χ3n) is 2.75. The Hall–Kier alpha value is -0.800. The van der Waals surface area contributed by atoms with Crippen LogP contribution in [0.15, 0.2) is 18.2 Å². The zero-order chi connectivity index (χ0) is 10.9. The number of rotatable bonds is 3. The lowest BCUT2D eigenvalue weighted by atomic mass is 9.80. The van der Waals surface area contributed by atoms with E-state index in [0.717, 1.165) is 5.56 Å². The van der Waals surface area contributed by atoms with E-state index in [0.29, 0.717) is 24.8 Å². The van der Waals surface area contributed by atoms with Crippen molar-refractivity contribution in [2.45, 2.75) is 5.41 Å². The second-order valence-corrected chi connectivity index (χ2v) is 4.02. The van der Waals surface area contributed by atoms with E-state index in [4.69, 9.17) is 21.1 Å². The van der Waals surface area contributed by atoms with E-state index < -0.39 is 0 Å². The molecule has 1 heterocycles. The maximum absolute atomic E-state index is 13.2. The number of halogens is 2. The van der Waals surface area contributed by atoms with Gasteiger partial charge in [0.1, 0.15) is 11.6 Å². The summed E-state index contributed by atoms with van der Waals surface area (Å²) >= 11 is 5.92. The number of methoxy groups -OCH3 is 1. The fourth-order valence-corrected chi connectivity index (χ4v) is 2.05. The van der Waals surface area contributed by atoms with Crippen molar-refractivity contribution in [2.24, 2.45) is 0 Å². The number of alkyl halides is 1. The molecule has 1 fully saturated rings. The van der Waals surface area contributed by atoms with Crippen molar-refractivity contribution in [1.82, 2.24) is 0 Å². The summed E-state index contributed by atoms with van der Waals surface area (Å²) < 4.78 is 23.5. The summed E-state index contributed by atoms with van der Waals surface area (Å²) in [6.07, 6.45) is 0. The Labute approximate surface area is 92.9 Å². The van der Waals surface area contributed by atoms with Gasteiger partial charge in [0.05, 0.1) is 25.7 Å². The van der Waals surface area contributed by atoms with Gasteiger partial charge in [0.2, 0.25) is 0 Å². The Morgan fingerprint density at radius 2 is 2.27 bits per heavy atom. The monoisotopic (exact) mass is 230 g/mol. The zero-order valence-electron chi connectivity index (χ0n) is 8.43. The van der Waals surface area contributed by atoms with Gasteiger partial charge in [0, 0.05) is 11.4 Å². The van der Waals surface area contributed by atoms with Crippen LogP contribution < -0.4 is 4.74 Å². The summed E-state index contributed by atoms with van der Waals surface area (Å²) in [5.41, 5.74) is 0.515. The predicted octanol–water partition coefficient (Wildman–Crippen LogP) is 2.34. The van der Waals surface area contributed by atoms with Crippen LogP contribution in [0.2, 0.25) is 0 Å². The lowest BCUT2D eigenvalue weighted by molar-refractivity contribution is -0.0490. The maximum atomic E-state index is 13.2. The molecule has 1 aromatic carbocycles. The number of benzene rings is 1. The zero-order valence-corrected chi connectivity index (χ0v) is 9.18. The number of hydrogen-bond acceptors (Lipinski definition) is 2. The molecule has 0 aromatic heterocycles. The molecule has 1 aliphatic heterocycles. The predicted molar refractivity (Wildman–Crippen MR) is 56.2 cm³/mol. The normalized spacial score (nSPS) is 18.3. The Morgan fingerprint density at radius 3 is 2.73 bits per heavy atom. The molecule has 0 bridgehead atoms. The van der Waals surface area contributed by atoms with Gasteiger partial charge < -0.3 is 9.47 Å². The van der Waals surface area contributed by atoms with Gasteiger partial charge >= 0.3 is 0 Å². The smallest absolute Gasteiger partial charge is 0.123 e. The van der Waals surface area contributed by atoms with E-state index in [1.54, 1.807) is 13.2 Å². The quantitative estimate of drug-likeness (QED) is 0.743. The van der Waals surface area contributed by atoms with Crippen molar-refractivity contribution < 1.29 is 13.9 Å². The van der Waals surface area contributed by atoms with Gasteiger partial charge in [0.25, 0.3) is 0 Å². The van der Waals surface area contributed by atoms with Crippen molar-refractivity contribution in [3.63, 3.8) is 0 Å². The average molecular weight is 231 g/mol. The first-order valence-electron chi connectivity index (χ1n) is 4.69.